The number of hydrogen-bond acceptors (Lipinski definition) is 1. The van der Waals surface area contributed by atoms with Crippen molar-refractivity contribution in [3.8, 4) is 0 Å². The van der Waals surface area contributed by atoms with Gasteiger partial charge in [-0.3, -0.25) is 4.79 Å². The van der Waals surface area contributed by atoms with E-state index in [-0.39, 0.29) is 17.9 Å². The molecule has 1 aliphatic rings. The van der Waals surface area contributed by atoms with E-state index in [4.69, 9.17) is 0 Å². The monoisotopic (exact) mass is 227 g/mol. The second-order valence-electron chi connectivity index (χ2n) is 4.52. The molecule has 0 aromatic carbocycles. The van der Waals surface area contributed by atoms with Gasteiger partial charge in [0, 0.05) is 6.54 Å². The second-order valence-corrected chi connectivity index (χ2v) is 4.52. The van der Waals surface area contributed by atoms with Crippen LogP contribution in [0.1, 0.15) is 20.3 Å². The van der Waals surface area contributed by atoms with Crippen LogP contribution in [0.5, 0.6) is 0 Å². The Balaban J connectivity index is 2.37. The Hall–Kier alpha value is -0.810. The minimum Gasteiger partial charge on any atom is -0.350 e. The number of amides is 1. The molecular formula is C9H13F4NO. The predicted molar refractivity (Wildman–Crippen MR) is 45.8 cm³/mol. The fourth-order valence-electron chi connectivity index (χ4n) is 1.36. The zero-order chi connectivity index (χ0) is 11.9. The maximum absolute atomic E-state index is 12.4. The maximum Gasteiger partial charge on any atom is 0.383 e. The second kappa shape index (κ2) is 3.64. The van der Waals surface area contributed by atoms with E-state index >= 15 is 0 Å². The molecule has 0 spiro atoms. The van der Waals surface area contributed by atoms with Crippen LogP contribution in [0.4, 0.5) is 17.6 Å². The van der Waals surface area contributed by atoms with Crippen molar-refractivity contribution in [2.45, 2.75) is 32.6 Å². The van der Waals surface area contributed by atoms with Gasteiger partial charge in [0.2, 0.25) is 0 Å². The highest BCUT2D eigenvalue weighted by Crippen LogP contribution is 2.51. The molecular weight excluding hydrogens is 214 g/mol. The molecule has 0 saturated heterocycles. The Labute approximate surface area is 85.0 Å². The van der Waals surface area contributed by atoms with Gasteiger partial charge >= 0.3 is 12.3 Å². The molecule has 15 heavy (non-hydrogen) atoms. The van der Waals surface area contributed by atoms with Crippen LogP contribution in [0.15, 0.2) is 0 Å². The summed E-state index contributed by atoms with van der Waals surface area (Å²) in [5, 5.41) is 1.85. The Morgan fingerprint density at radius 1 is 1.53 bits per heavy atom. The number of alkyl halides is 4. The molecule has 1 N–H and O–H groups in total. The van der Waals surface area contributed by atoms with Gasteiger partial charge < -0.3 is 5.32 Å². The van der Waals surface area contributed by atoms with Crippen LogP contribution < -0.4 is 5.32 Å². The van der Waals surface area contributed by atoms with E-state index in [2.05, 4.69) is 0 Å². The number of rotatable bonds is 4. The molecule has 2 nitrogen and oxygen atoms in total. The van der Waals surface area contributed by atoms with Crippen molar-refractivity contribution < 1.29 is 22.4 Å². The first-order chi connectivity index (χ1) is 6.68. The Kier molecular flexibility index (Phi) is 2.98. The lowest BCUT2D eigenvalue weighted by Crippen LogP contribution is -2.45. The number of nitrogens with one attached hydrogen (secondary N) is 1. The van der Waals surface area contributed by atoms with Gasteiger partial charge in [-0.15, -0.1) is 0 Å². The Morgan fingerprint density at radius 2 is 2.00 bits per heavy atom. The molecule has 0 aliphatic heterocycles. The lowest BCUT2D eigenvalue weighted by Gasteiger charge is -2.15. The highest BCUT2D eigenvalue weighted by atomic mass is 19.3. The van der Waals surface area contributed by atoms with Crippen molar-refractivity contribution in [2.75, 3.05) is 6.54 Å². The standard InChI is InChI=1S/C9H13F4NO/c1-8(2)3-5(8)4-14-7(15)9(12,13)6(10)11/h5-6H,3-4H2,1-2H3,(H,14,15). The van der Waals surface area contributed by atoms with Gasteiger partial charge in [0.1, 0.15) is 0 Å². The largest absolute Gasteiger partial charge is 0.383 e. The van der Waals surface area contributed by atoms with E-state index in [9.17, 15) is 22.4 Å². The van der Waals surface area contributed by atoms with Gasteiger partial charge in [0.15, 0.2) is 0 Å². The smallest absolute Gasteiger partial charge is 0.350 e. The molecule has 0 aromatic heterocycles. The summed E-state index contributed by atoms with van der Waals surface area (Å²) in [5.74, 6) is -6.37. The van der Waals surface area contributed by atoms with E-state index in [1.807, 2.05) is 19.2 Å². The van der Waals surface area contributed by atoms with Crippen molar-refractivity contribution in [3.63, 3.8) is 0 Å². The number of hydrogen-bond donors (Lipinski definition) is 1. The van der Waals surface area contributed by atoms with Gasteiger partial charge in [-0.1, -0.05) is 13.8 Å². The summed E-state index contributed by atoms with van der Waals surface area (Å²) < 4.78 is 48.4. The first kappa shape index (κ1) is 12.3. The minimum atomic E-state index is -4.58. The highest BCUT2D eigenvalue weighted by molar-refractivity contribution is 5.83. The average Bonchev–Trinajstić information content (AvgIpc) is 2.69. The van der Waals surface area contributed by atoms with Gasteiger partial charge in [-0.05, 0) is 17.8 Å². The molecule has 0 bridgehead atoms. The third-order valence-electron chi connectivity index (χ3n) is 2.80. The van der Waals surface area contributed by atoms with Gasteiger partial charge in [0.25, 0.3) is 5.91 Å². The summed E-state index contributed by atoms with van der Waals surface area (Å²) >= 11 is 0. The van der Waals surface area contributed by atoms with Crippen molar-refractivity contribution in [3.05, 3.63) is 0 Å². The molecule has 88 valence electrons. The summed E-state index contributed by atoms with van der Waals surface area (Å²) in [7, 11) is 0. The number of carbonyl (C=O) groups excluding carboxylic acids is 1. The molecule has 1 atom stereocenters. The molecule has 6 heteroatoms. The van der Waals surface area contributed by atoms with Crippen LogP contribution in [0, 0.1) is 11.3 Å². The van der Waals surface area contributed by atoms with E-state index < -0.39 is 18.3 Å². The quantitative estimate of drug-likeness (QED) is 0.732. The van der Waals surface area contributed by atoms with Crippen LogP contribution in [0.2, 0.25) is 0 Å². The molecule has 1 amide bonds. The van der Waals surface area contributed by atoms with Gasteiger partial charge in [-0.2, -0.15) is 8.78 Å². The van der Waals surface area contributed by atoms with Gasteiger partial charge in [0.05, 0.1) is 0 Å². The van der Waals surface area contributed by atoms with Crippen LogP contribution in [-0.4, -0.2) is 24.8 Å². The summed E-state index contributed by atoms with van der Waals surface area (Å²) in [5.41, 5.74) is 0.0212. The fourth-order valence-corrected chi connectivity index (χ4v) is 1.36. The van der Waals surface area contributed by atoms with E-state index in [1.165, 1.54) is 0 Å². The van der Waals surface area contributed by atoms with Gasteiger partial charge in [-0.25, -0.2) is 8.78 Å². The van der Waals surface area contributed by atoms with Crippen LogP contribution in [-0.2, 0) is 4.79 Å². The first-order valence-electron chi connectivity index (χ1n) is 4.62. The molecule has 1 fully saturated rings. The predicted octanol–water partition coefficient (Wildman–Crippen LogP) is 2.05. The molecule has 1 rings (SSSR count). The van der Waals surface area contributed by atoms with Crippen molar-refractivity contribution in [2.24, 2.45) is 11.3 Å². The third kappa shape index (κ3) is 2.60. The molecule has 0 aromatic rings. The van der Waals surface area contributed by atoms with E-state index in [1.54, 1.807) is 0 Å². The average molecular weight is 227 g/mol. The van der Waals surface area contributed by atoms with E-state index in [0.29, 0.717) is 0 Å². The molecule has 0 radical (unpaired) electrons. The lowest BCUT2D eigenvalue weighted by atomic mass is 10.1. The Morgan fingerprint density at radius 3 is 2.33 bits per heavy atom. The third-order valence-corrected chi connectivity index (χ3v) is 2.80. The number of carbonyl (C=O) groups is 1. The van der Waals surface area contributed by atoms with Crippen molar-refractivity contribution >= 4 is 5.91 Å². The van der Waals surface area contributed by atoms with E-state index in [0.717, 1.165) is 6.42 Å². The topological polar surface area (TPSA) is 29.1 Å². The van der Waals surface area contributed by atoms with Crippen LogP contribution in [0.25, 0.3) is 0 Å². The summed E-state index contributed by atoms with van der Waals surface area (Å²) in [6.07, 6.45) is -3.14. The van der Waals surface area contributed by atoms with Crippen molar-refractivity contribution in [1.82, 2.24) is 5.32 Å². The normalized spacial score (nSPS) is 24.1. The summed E-state index contributed by atoms with van der Waals surface area (Å²) in [6, 6.07) is 0. The lowest BCUT2D eigenvalue weighted by molar-refractivity contribution is -0.169. The molecule has 0 heterocycles. The summed E-state index contributed by atoms with van der Waals surface area (Å²) in [6.45, 7) is 3.89. The fraction of sp³-hybridized carbons (Fsp3) is 0.889. The maximum atomic E-state index is 12.4. The molecule has 1 unspecified atom stereocenters. The number of halogens is 4. The SMILES string of the molecule is CC1(C)CC1CNC(=O)C(F)(F)C(F)F. The zero-order valence-corrected chi connectivity index (χ0v) is 8.49. The van der Waals surface area contributed by atoms with Crippen LogP contribution in [0.3, 0.4) is 0 Å². The summed E-state index contributed by atoms with van der Waals surface area (Å²) in [4.78, 5) is 10.7. The highest BCUT2D eigenvalue weighted by Gasteiger charge is 2.50. The first-order valence-corrected chi connectivity index (χ1v) is 4.62. The Bertz CT molecular complexity index is 265. The minimum absolute atomic E-state index is 0.0212. The zero-order valence-electron chi connectivity index (χ0n) is 8.49. The molecule has 1 aliphatic carbocycles. The molecule has 1 saturated carbocycles. The van der Waals surface area contributed by atoms with Crippen LogP contribution >= 0.6 is 0 Å². The van der Waals surface area contributed by atoms with Crippen molar-refractivity contribution in [1.29, 1.82) is 0 Å².